The number of aryl methyl sites for hydroxylation is 3. The van der Waals surface area contributed by atoms with Crippen molar-refractivity contribution in [2.24, 2.45) is 7.05 Å². The summed E-state index contributed by atoms with van der Waals surface area (Å²) in [6.07, 6.45) is 3.95. The third-order valence-corrected chi connectivity index (χ3v) is 6.69. The molecule has 1 aliphatic heterocycles. The van der Waals surface area contributed by atoms with Gasteiger partial charge in [-0.1, -0.05) is 30.3 Å². The van der Waals surface area contributed by atoms with Crippen LogP contribution in [-0.2, 0) is 7.05 Å². The van der Waals surface area contributed by atoms with Crippen molar-refractivity contribution in [3.05, 3.63) is 89.0 Å². The van der Waals surface area contributed by atoms with E-state index < -0.39 is 0 Å². The van der Waals surface area contributed by atoms with Crippen LogP contribution in [0.5, 0.6) is 0 Å². The Morgan fingerprint density at radius 2 is 1.80 bits per heavy atom. The second kappa shape index (κ2) is 9.29. The van der Waals surface area contributed by atoms with E-state index in [2.05, 4.69) is 32.5 Å². The van der Waals surface area contributed by atoms with Crippen molar-refractivity contribution in [3.8, 4) is 0 Å². The van der Waals surface area contributed by atoms with Gasteiger partial charge in [-0.3, -0.25) is 24.2 Å². The predicted molar refractivity (Wildman–Crippen MR) is 133 cm³/mol. The number of piperidine rings is 1. The van der Waals surface area contributed by atoms with Gasteiger partial charge in [0.25, 0.3) is 11.8 Å². The van der Waals surface area contributed by atoms with E-state index in [1.54, 1.807) is 30.2 Å². The molecule has 1 fully saturated rings. The van der Waals surface area contributed by atoms with Gasteiger partial charge in [0.1, 0.15) is 5.69 Å². The summed E-state index contributed by atoms with van der Waals surface area (Å²) < 4.78 is 1.60. The van der Waals surface area contributed by atoms with Gasteiger partial charge in [0.2, 0.25) is 0 Å². The summed E-state index contributed by atoms with van der Waals surface area (Å²) in [5.41, 5.74) is 5.47. The molecule has 8 nitrogen and oxygen atoms in total. The maximum absolute atomic E-state index is 13.5. The molecule has 0 spiro atoms. The fourth-order valence-corrected chi connectivity index (χ4v) is 4.97. The number of benzene rings is 2. The highest BCUT2D eigenvalue weighted by Gasteiger charge is 2.34. The first kappa shape index (κ1) is 22.7. The average Bonchev–Trinajstić information content (AvgIpc) is 3.22. The van der Waals surface area contributed by atoms with Gasteiger partial charge in [-0.15, -0.1) is 0 Å². The van der Waals surface area contributed by atoms with Crippen LogP contribution in [0.2, 0.25) is 0 Å². The molecule has 178 valence electrons. The van der Waals surface area contributed by atoms with Crippen molar-refractivity contribution in [1.29, 1.82) is 0 Å². The lowest BCUT2D eigenvalue weighted by Gasteiger charge is -2.39. The van der Waals surface area contributed by atoms with E-state index in [1.807, 2.05) is 49.1 Å². The van der Waals surface area contributed by atoms with Crippen LogP contribution >= 0.6 is 0 Å². The van der Waals surface area contributed by atoms with Crippen molar-refractivity contribution in [2.45, 2.75) is 32.2 Å². The number of rotatable bonds is 4. The summed E-state index contributed by atoms with van der Waals surface area (Å²) >= 11 is 0. The van der Waals surface area contributed by atoms with Gasteiger partial charge in [0.05, 0.1) is 16.7 Å². The molecule has 2 atom stereocenters. The SMILES string of the molecule is Cc1cc(C(=O)N[C@@H]2CCN(C(=O)c3cc(C)c4nccnc4c3)C[C@@H]2c2ccccc2)n(C)n1. The minimum absolute atomic E-state index is 0.0337. The van der Waals surface area contributed by atoms with Crippen LogP contribution in [0.25, 0.3) is 11.0 Å². The quantitative estimate of drug-likeness (QED) is 0.496. The largest absolute Gasteiger partial charge is 0.347 e. The van der Waals surface area contributed by atoms with E-state index in [-0.39, 0.29) is 23.8 Å². The molecule has 1 aliphatic rings. The Bertz CT molecular complexity index is 1400. The Labute approximate surface area is 204 Å². The first-order valence-electron chi connectivity index (χ1n) is 11.8. The Hall–Kier alpha value is -4.07. The standard InChI is InChI=1S/C27H28N6O2/c1-17-13-20(15-23-25(17)29-11-10-28-23)27(35)33-12-9-22(21(16-33)19-7-5-4-6-8-19)30-26(34)24-14-18(2)31-32(24)3/h4-8,10-11,13-15,21-22H,9,12,16H2,1-3H3,(H,30,34)/t21-,22-/m1/s1. The van der Waals surface area contributed by atoms with Crippen molar-refractivity contribution in [2.75, 3.05) is 13.1 Å². The molecule has 0 radical (unpaired) electrons. The number of hydrogen-bond acceptors (Lipinski definition) is 5. The third-order valence-electron chi connectivity index (χ3n) is 6.69. The number of hydrogen-bond donors (Lipinski definition) is 1. The Morgan fingerprint density at radius 1 is 1.03 bits per heavy atom. The highest BCUT2D eigenvalue weighted by atomic mass is 16.2. The molecular formula is C27H28N6O2. The zero-order chi connectivity index (χ0) is 24.5. The van der Waals surface area contributed by atoms with Crippen LogP contribution in [0.1, 0.15) is 50.0 Å². The lowest BCUT2D eigenvalue weighted by atomic mass is 9.85. The molecule has 5 rings (SSSR count). The summed E-state index contributed by atoms with van der Waals surface area (Å²) in [4.78, 5) is 37.3. The molecule has 0 bridgehead atoms. The maximum Gasteiger partial charge on any atom is 0.269 e. The highest BCUT2D eigenvalue weighted by Crippen LogP contribution is 2.29. The first-order valence-corrected chi connectivity index (χ1v) is 11.8. The van der Waals surface area contributed by atoms with Crippen LogP contribution in [0.4, 0.5) is 0 Å². The smallest absolute Gasteiger partial charge is 0.269 e. The second-order valence-corrected chi connectivity index (χ2v) is 9.15. The normalized spacial score (nSPS) is 18.0. The molecule has 0 saturated carbocycles. The number of likely N-dealkylation sites (tertiary alicyclic amines) is 1. The van der Waals surface area contributed by atoms with Gasteiger partial charge in [0, 0.05) is 50.1 Å². The van der Waals surface area contributed by atoms with E-state index in [0.717, 1.165) is 22.3 Å². The van der Waals surface area contributed by atoms with E-state index >= 15 is 0 Å². The zero-order valence-electron chi connectivity index (χ0n) is 20.1. The lowest BCUT2D eigenvalue weighted by molar-refractivity contribution is 0.0671. The fourth-order valence-electron chi connectivity index (χ4n) is 4.97. The molecule has 0 aliphatic carbocycles. The Morgan fingerprint density at radius 3 is 2.54 bits per heavy atom. The Kier molecular flexibility index (Phi) is 6.03. The molecule has 35 heavy (non-hydrogen) atoms. The number of aromatic nitrogens is 4. The number of nitrogens with zero attached hydrogens (tertiary/aromatic N) is 5. The van der Waals surface area contributed by atoms with Gasteiger partial charge < -0.3 is 10.2 Å². The third kappa shape index (κ3) is 4.51. The van der Waals surface area contributed by atoms with Gasteiger partial charge >= 0.3 is 0 Å². The topological polar surface area (TPSA) is 93.0 Å². The molecular weight excluding hydrogens is 440 g/mol. The molecule has 1 saturated heterocycles. The van der Waals surface area contributed by atoms with Gasteiger partial charge in [0.15, 0.2) is 0 Å². The summed E-state index contributed by atoms with van der Waals surface area (Å²) in [5, 5.41) is 7.51. The van der Waals surface area contributed by atoms with Gasteiger partial charge in [-0.25, -0.2) is 0 Å². The molecule has 2 aromatic heterocycles. The van der Waals surface area contributed by atoms with Crippen molar-refractivity contribution in [1.82, 2.24) is 30.0 Å². The van der Waals surface area contributed by atoms with Gasteiger partial charge in [-0.05, 0) is 49.6 Å². The summed E-state index contributed by atoms with van der Waals surface area (Å²) in [7, 11) is 1.77. The summed E-state index contributed by atoms with van der Waals surface area (Å²) in [6.45, 7) is 4.88. The second-order valence-electron chi connectivity index (χ2n) is 9.15. The van der Waals surface area contributed by atoms with E-state index in [9.17, 15) is 9.59 Å². The van der Waals surface area contributed by atoms with Crippen LogP contribution in [0, 0.1) is 13.8 Å². The number of carbonyl (C=O) groups excluding carboxylic acids is 2. The summed E-state index contributed by atoms with van der Waals surface area (Å²) in [6, 6.07) is 15.5. The highest BCUT2D eigenvalue weighted by molar-refractivity contribution is 5.98. The fraction of sp³-hybridized carbons (Fsp3) is 0.296. The predicted octanol–water partition coefficient (Wildman–Crippen LogP) is 3.41. The monoisotopic (exact) mass is 468 g/mol. The average molecular weight is 469 g/mol. The van der Waals surface area contributed by atoms with E-state index in [0.29, 0.717) is 36.3 Å². The number of carbonyl (C=O) groups is 2. The number of amides is 2. The molecule has 2 aromatic carbocycles. The summed E-state index contributed by atoms with van der Waals surface area (Å²) in [5.74, 6) is -0.218. The molecule has 8 heteroatoms. The lowest BCUT2D eigenvalue weighted by Crippen LogP contribution is -2.51. The van der Waals surface area contributed by atoms with Crippen LogP contribution in [-0.4, -0.2) is 55.6 Å². The van der Waals surface area contributed by atoms with Crippen LogP contribution < -0.4 is 5.32 Å². The zero-order valence-corrected chi connectivity index (χ0v) is 20.1. The molecule has 3 heterocycles. The van der Waals surface area contributed by atoms with Crippen LogP contribution in [0.15, 0.2) is 60.9 Å². The minimum Gasteiger partial charge on any atom is -0.347 e. The Balaban J connectivity index is 1.40. The van der Waals surface area contributed by atoms with Gasteiger partial charge in [-0.2, -0.15) is 5.10 Å². The van der Waals surface area contributed by atoms with Crippen LogP contribution in [0.3, 0.4) is 0 Å². The minimum atomic E-state index is -0.150. The van der Waals surface area contributed by atoms with E-state index in [1.165, 1.54) is 0 Å². The maximum atomic E-state index is 13.5. The van der Waals surface area contributed by atoms with Crippen molar-refractivity contribution >= 4 is 22.8 Å². The molecule has 0 unspecified atom stereocenters. The first-order chi connectivity index (χ1) is 16.9. The molecule has 4 aromatic rings. The number of nitrogens with one attached hydrogen (secondary N) is 1. The van der Waals surface area contributed by atoms with E-state index in [4.69, 9.17) is 0 Å². The molecule has 1 N–H and O–H groups in total. The molecule has 2 amide bonds. The van der Waals surface area contributed by atoms with Crippen molar-refractivity contribution in [3.63, 3.8) is 0 Å². The van der Waals surface area contributed by atoms with Crippen molar-refractivity contribution < 1.29 is 9.59 Å². The number of fused-ring (bicyclic) bond motifs is 1.